The second kappa shape index (κ2) is 10.3. The number of aliphatic imine (C=N–C) groups is 1. The van der Waals surface area contributed by atoms with Gasteiger partial charge in [-0.25, -0.2) is 14.4 Å². The van der Waals surface area contributed by atoms with E-state index in [0.29, 0.717) is 22.8 Å². The van der Waals surface area contributed by atoms with Crippen LogP contribution in [-0.2, 0) is 0 Å². The van der Waals surface area contributed by atoms with Crippen LogP contribution in [0, 0.1) is 26.6 Å². The minimum atomic E-state index is -0.471. The van der Waals surface area contributed by atoms with Crippen molar-refractivity contribution in [2.45, 2.75) is 20.8 Å². The summed E-state index contributed by atoms with van der Waals surface area (Å²) < 4.78 is 13.9. The molecule has 1 amide bonds. The molecule has 1 aromatic carbocycles. The predicted molar refractivity (Wildman–Crippen MR) is 129 cm³/mol. The maximum Gasteiger partial charge on any atom is 0.257 e. The zero-order chi connectivity index (χ0) is 22.4. The molecule has 0 saturated carbocycles. The predicted octanol–water partition coefficient (Wildman–Crippen LogP) is 5.66. The highest BCUT2D eigenvalue weighted by Gasteiger charge is 2.12. The lowest BCUT2D eigenvalue weighted by atomic mass is 10.2. The second-order valence-corrected chi connectivity index (χ2v) is 8.68. The summed E-state index contributed by atoms with van der Waals surface area (Å²) in [6.45, 7) is 9.30. The highest BCUT2D eigenvalue weighted by molar-refractivity contribution is 8.02. The number of halogens is 1. The van der Waals surface area contributed by atoms with Crippen molar-refractivity contribution in [3.8, 4) is 0 Å². The molecule has 0 aliphatic rings. The molecule has 2 aromatic heterocycles. The van der Waals surface area contributed by atoms with Crippen molar-refractivity contribution >= 4 is 52.9 Å². The second-order valence-electron chi connectivity index (χ2n) is 6.61. The van der Waals surface area contributed by atoms with Gasteiger partial charge >= 0.3 is 0 Å². The van der Waals surface area contributed by atoms with E-state index in [1.807, 2.05) is 19.3 Å². The van der Waals surface area contributed by atoms with Crippen molar-refractivity contribution in [2.24, 2.45) is 4.99 Å². The lowest BCUT2D eigenvalue weighted by Gasteiger charge is -2.10. The Bertz CT molecular complexity index is 1110. The first kappa shape index (κ1) is 22.6. The quantitative estimate of drug-likeness (QED) is 0.260. The van der Waals surface area contributed by atoms with Crippen LogP contribution >= 0.6 is 23.1 Å². The summed E-state index contributed by atoms with van der Waals surface area (Å²) in [5.41, 5.74) is 2.90. The molecule has 0 spiro atoms. The Labute approximate surface area is 188 Å². The fraction of sp³-hybridized carbons (Fsp3) is 0.182. The maximum absolute atomic E-state index is 13.9. The number of amides is 1. The molecule has 0 atom stereocenters. The third-order valence-corrected chi connectivity index (χ3v) is 6.12. The average Bonchev–Trinajstić information content (AvgIpc) is 3.09. The van der Waals surface area contributed by atoms with Crippen molar-refractivity contribution in [1.82, 2.24) is 9.97 Å². The van der Waals surface area contributed by atoms with Crippen LogP contribution in [0.5, 0.6) is 0 Å². The van der Waals surface area contributed by atoms with Gasteiger partial charge < -0.3 is 10.6 Å². The Morgan fingerprint density at radius 2 is 2.10 bits per heavy atom. The van der Waals surface area contributed by atoms with Gasteiger partial charge in [0.05, 0.1) is 38.4 Å². The van der Waals surface area contributed by atoms with Crippen molar-refractivity contribution < 1.29 is 9.18 Å². The van der Waals surface area contributed by atoms with E-state index in [-0.39, 0.29) is 5.69 Å². The normalized spacial score (nSPS) is 11.3. The van der Waals surface area contributed by atoms with Gasteiger partial charge in [0.15, 0.2) is 0 Å². The van der Waals surface area contributed by atoms with Gasteiger partial charge in [0.2, 0.25) is 0 Å². The van der Waals surface area contributed by atoms with E-state index in [0.717, 1.165) is 21.3 Å². The molecule has 0 radical (unpaired) electrons. The summed E-state index contributed by atoms with van der Waals surface area (Å²) in [7, 11) is 0. The zero-order valence-corrected chi connectivity index (χ0v) is 19.0. The number of nitrogens with one attached hydrogen (secondary N) is 2. The van der Waals surface area contributed by atoms with Gasteiger partial charge in [-0.2, -0.15) is 0 Å². The van der Waals surface area contributed by atoms with Crippen LogP contribution < -0.4 is 10.6 Å². The van der Waals surface area contributed by atoms with E-state index < -0.39 is 11.7 Å². The third kappa shape index (κ3) is 5.77. The summed E-state index contributed by atoms with van der Waals surface area (Å²) in [4.78, 5) is 26.2. The molecule has 0 unspecified atom stereocenters. The number of carbonyl (C=O) groups is 1. The molecule has 6 nitrogen and oxygen atoms in total. The number of thioether (sulfide) groups is 1. The molecule has 2 N–H and O–H groups in total. The van der Waals surface area contributed by atoms with Gasteiger partial charge in [0.25, 0.3) is 5.91 Å². The molecular weight excluding hydrogens is 433 g/mol. The van der Waals surface area contributed by atoms with Gasteiger partial charge in [0.1, 0.15) is 11.6 Å². The number of hydrogen-bond donors (Lipinski definition) is 2. The lowest BCUT2D eigenvalue weighted by molar-refractivity contribution is 0.102. The molecule has 0 fully saturated rings. The van der Waals surface area contributed by atoms with Gasteiger partial charge in [-0.15, -0.1) is 23.1 Å². The monoisotopic (exact) mass is 455 g/mol. The van der Waals surface area contributed by atoms with Gasteiger partial charge in [-0.05, 0) is 56.7 Å². The minimum absolute atomic E-state index is 0.177. The number of aromatic nitrogens is 2. The van der Waals surface area contributed by atoms with Crippen molar-refractivity contribution in [3.05, 3.63) is 74.5 Å². The lowest BCUT2D eigenvalue weighted by Crippen LogP contribution is -2.14. The number of carbonyl (C=O) groups excluding carboxylic acids is 1. The number of rotatable bonds is 8. The molecule has 0 aliphatic carbocycles. The van der Waals surface area contributed by atoms with Crippen LogP contribution in [-0.4, -0.2) is 28.5 Å². The Balaban J connectivity index is 1.56. The van der Waals surface area contributed by atoms with Crippen molar-refractivity contribution in [1.29, 1.82) is 0 Å². The van der Waals surface area contributed by atoms with E-state index in [1.54, 1.807) is 42.5 Å². The summed E-state index contributed by atoms with van der Waals surface area (Å²) in [6, 6.07) is 7.99. The van der Waals surface area contributed by atoms with Crippen LogP contribution in [0.15, 0.2) is 46.9 Å². The Morgan fingerprint density at radius 3 is 2.71 bits per heavy atom. The first-order chi connectivity index (χ1) is 14.9. The van der Waals surface area contributed by atoms with E-state index in [1.165, 1.54) is 24.0 Å². The highest BCUT2D eigenvalue weighted by atomic mass is 32.2. The molecule has 0 saturated heterocycles. The molecule has 0 aliphatic heterocycles. The first-order valence-electron chi connectivity index (χ1n) is 9.38. The number of nitrogens with zero attached hydrogens (tertiary/aromatic N) is 3. The number of anilines is 2. The number of pyridine rings is 1. The number of aryl methyl sites for hydroxylation is 3. The van der Waals surface area contributed by atoms with Gasteiger partial charge in [-0.1, -0.05) is 12.1 Å². The van der Waals surface area contributed by atoms with Crippen LogP contribution in [0.3, 0.4) is 0 Å². The Morgan fingerprint density at radius 1 is 1.29 bits per heavy atom. The Kier molecular flexibility index (Phi) is 7.54. The van der Waals surface area contributed by atoms with Gasteiger partial charge in [-0.3, -0.25) is 9.79 Å². The minimum Gasteiger partial charge on any atom is -0.361 e. The number of para-hydroxylation sites is 1. The molecule has 9 heteroatoms. The van der Waals surface area contributed by atoms with Crippen molar-refractivity contribution in [3.63, 3.8) is 0 Å². The fourth-order valence-corrected chi connectivity index (χ4v) is 4.42. The van der Waals surface area contributed by atoms with E-state index >= 15 is 0 Å². The molecule has 160 valence electrons. The van der Waals surface area contributed by atoms with E-state index in [4.69, 9.17) is 0 Å². The van der Waals surface area contributed by atoms with Gasteiger partial charge in [0, 0.05) is 6.20 Å². The molecule has 0 bridgehead atoms. The smallest absolute Gasteiger partial charge is 0.257 e. The number of benzene rings is 1. The molecule has 3 aromatic rings. The van der Waals surface area contributed by atoms with E-state index in [9.17, 15) is 9.18 Å². The SMILES string of the molecule is C=N/C(=C\SCNc1ccc(C(=O)Nc2c(C)cccc2F)cn1)c1sc(C)nc1C. The average molecular weight is 456 g/mol. The molecule has 2 heterocycles. The summed E-state index contributed by atoms with van der Waals surface area (Å²) in [5, 5.41) is 8.69. The van der Waals surface area contributed by atoms with Crippen molar-refractivity contribution in [2.75, 3.05) is 16.5 Å². The number of thiazole rings is 1. The first-order valence-corrected chi connectivity index (χ1v) is 11.2. The largest absolute Gasteiger partial charge is 0.361 e. The maximum atomic E-state index is 13.9. The zero-order valence-electron chi connectivity index (χ0n) is 17.4. The molecule has 3 rings (SSSR count). The van der Waals surface area contributed by atoms with Crippen LogP contribution in [0.2, 0.25) is 0 Å². The van der Waals surface area contributed by atoms with Crippen LogP contribution in [0.4, 0.5) is 15.9 Å². The standard InChI is InChI=1S/C22H22FN5OS2/c1-13-6-5-7-17(23)20(13)28-22(29)16-8-9-19(25-10-16)26-12-30-11-18(24-4)21-14(2)27-15(3)31-21/h5-11H,4,12H2,1-3H3,(H,25,26)(H,28,29)/b18-11-. The Hall–Kier alpha value is -3.04. The van der Waals surface area contributed by atoms with E-state index in [2.05, 4.69) is 32.3 Å². The molecule has 31 heavy (non-hydrogen) atoms. The summed E-state index contributed by atoms with van der Waals surface area (Å²) in [6.07, 6.45) is 1.45. The third-order valence-electron chi connectivity index (χ3n) is 4.32. The fourth-order valence-electron chi connectivity index (χ4n) is 2.78. The molecular formula is C22H22FN5OS2. The summed E-state index contributed by atoms with van der Waals surface area (Å²) >= 11 is 3.11. The number of hydrogen-bond acceptors (Lipinski definition) is 7. The van der Waals surface area contributed by atoms with Crippen LogP contribution in [0.25, 0.3) is 5.70 Å². The summed E-state index contributed by atoms with van der Waals surface area (Å²) in [5.74, 6) is 0.295. The topological polar surface area (TPSA) is 79.3 Å². The highest BCUT2D eigenvalue weighted by Crippen LogP contribution is 2.28. The van der Waals surface area contributed by atoms with Crippen LogP contribution in [0.1, 0.15) is 31.5 Å².